The van der Waals surface area contributed by atoms with Crippen LogP contribution in [0.4, 0.5) is 5.69 Å². The van der Waals surface area contributed by atoms with Crippen LogP contribution in [0.1, 0.15) is 11.1 Å². The minimum atomic E-state index is -3.61. The predicted molar refractivity (Wildman–Crippen MR) is 83.7 cm³/mol. The van der Waals surface area contributed by atoms with E-state index in [4.69, 9.17) is 11.0 Å². The van der Waals surface area contributed by atoms with Gasteiger partial charge in [0.15, 0.2) is 0 Å². The zero-order valence-electron chi connectivity index (χ0n) is 10.9. The summed E-state index contributed by atoms with van der Waals surface area (Å²) in [6.45, 7) is 0.149. The number of nitrogens with two attached hydrogens (primary N) is 1. The number of hydrogen-bond acceptors (Lipinski definition) is 4. The minimum Gasteiger partial charge on any atom is -0.398 e. The van der Waals surface area contributed by atoms with Gasteiger partial charge >= 0.3 is 0 Å². The fourth-order valence-corrected chi connectivity index (χ4v) is 3.21. The Bertz CT molecular complexity index is 796. The van der Waals surface area contributed by atoms with E-state index >= 15 is 0 Å². The summed E-state index contributed by atoms with van der Waals surface area (Å²) < 4.78 is 27.4. The van der Waals surface area contributed by atoms with E-state index in [2.05, 4.69) is 20.7 Å². The second kappa shape index (κ2) is 6.26. The molecule has 0 spiro atoms. The molecule has 0 aliphatic heterocycles. The SMILES string of the molecule is N#Cc1ccc(CNS(=O)(=O)c2ccc(N)c(Br)c2)cc1. The van der Waals surface area contributed by atoms with E-state index in [1.807, 2.05) is 6.07 Å². The van der Waals surface area contributed by atoms with Gasteiger partial charge in [0.25, 0.3) is 0 Å². The Morgan fingerprint density at radius 3 is 2.43 bits per heavy atom. The van der Waals surface area contributed by atoms with Crippen LogP contribution in [-0.4, -0.2) is 8.42 Å². The highest BCUT2D eigenvalue weighted by Crippen LogP contribution is 2.23. The number of nitrogen functional groups attached to an aromatic ring is 1. The Morgan fingerprint density at radius 2 is 1.86 bits per heavy atom. The number of nitrogens with one attached hydrogen (secondary N) is 1. The molecule has 2 aromatic carbocycles. The Kier molecular flexibility index (Phi) is 4.63. The molecule has 0 aliphatic rings. The minimum absolute atomic E-state index is 0.136. The topological polar surface area (TPSA) is 96.0 Å². The Balaban J connectivity index is 2.13. The molecule has 2 rings (SSSR count). The lowest BCUT2D eigenvalue weighted by Gasteiger charge is -2.08. The zero-order valence-corrected chi connectivity index (χ0v) is 13.3. The van der Waals surface area contributed by atoms with Crippen LogP contribution >= 0.6 is 15.9 Å². The van der Waals surface area contributed by atoms with Crippen molar-refractivity contribution in [1.82, 2.24) is 4.72 Å². The maximum atomic E-state index is 12.2. The summed E-state index contributed by atoms with van der Waals surface area (Å²) in [4.78, 5) is 0.136. The maximum Gasteiger partial charge on any atom is 0.240 e. The third-order valence-electron chi connectivity index (χ3n) is 2.83. The van der Waals surface area contributed by atoms with Crippen LogP contribution < -0.4 is 10.5 Å². The molecule has 0 saturated heterocycles. The Labute approximate surface area is 131 Å². The molecular formula is C14H12BrN3O2S. The van der Waals surface area contributed by atoms with E-state index in [9.17, 15) is 8.42 Å². The third-order valence-corrected chi connectivity index (χ3v) is 4.92. The number of halogens is 1. The quantitative estimate of drug-likeness (QED) is 0.812. The molecule has 5 nitrogen and oxygen atoms in total. The first-order valence-corrected chi connectivity index (χ1v) is 8.24. The van der Waals surface area contributed by atoms with E-state index in [0.717, 1.165) is 5.56 Å². The average Bonchev–Trinajstić information content (AvgIpc) is 2.48. The number of anilines is 1. The van der Waals surface area contributed by atoms with Crippen molar-refractivity contribution in [3.05, 3.63) is 58.1 Å². The molecule has 0 radical (unpaired) electrons. The molecule has 0 amide bonds. The highest BCUT2D eigenvalue weighted by Gasteiger charge is 2.14. The van der Waals surface area contributed by atoms with Gasteiger partial charge in [0.1, 0.15) is 0 Å². The number of hydrogen-bond donors (Lipinski definition) is 2. The third kappa shape index (κ3) is 3.82. The van der Waals surface area contributed by atoms with Gasteiger partial charge in [-0.25, -0.2) is 13.1 Å². The van der Waals surface area contributed by atoms with Crippen molar-refractivity contribution in [2.24, 2.45) is 0 Å². The fourth-order valence-electron chi connectivity index (χ4n) is 1.63. The largest absolute Gasteiger partial charge is 0.398 e. The molecule has 2 aromatic rings. The summed E-state index contributed by atoms with van der Waals surface area (Å²) in [5.74, 6) is 0. The van der Waals surface area contributed by atoms with Gasteiger partial charge in [0, 0.05) is 16.7 Å². The highest BCUT2D eigenvalue weighted by molar-refractivity contribution is 9.10. The van der Waals surface area contributed by atoms with E-state index in [-0.39, 0.29) is 11.4 Å². The van der Waals surface area contributed by atoms with Crippen LogP contribution in [0.2, 0.25) is 0 Å². The lowest BCUT2D eigenvalue weighted by Crippen LogP contribution is -2.23. The van der Waals surface area contributed by atoms with Crippen LogP contribution in [0, 0.1) is 11.3 Å². The molecule has 108 valence electrons. The second-order valence-corrected chi connectivity index (χ2v) is 6.94. The summed E-state index contributed by atoms with van der Waals surface area (Å²) in [5.41, 5.74) is 7.41. The predicted octanol–water partition coefficient (Wildman–Crippen LogP) is 2.38. The first-order chi connectivity index (χ1) is 9.92. The monoisotopic (exact) mass is 365 g/mol. The van der Waals surface area contributed by atoms with Gasteiger partial charge in [-0.3, -0.25) is 0 Å². The molecule has 21 heavy (non-hydrogen) atoms. The van der Waals surface area contributed by atoms with Crippen molar-refractivity contribution >= 4 is 31.6 Å². The van der Waals surface area contributed by atoms with Crippen molar-refractivity contribution < 1.29 is 8.42 Å². The molecule has 0 fully saturated rings. The molecule has 3 N–H and O–H groups in total. The van der Waals surface area contributed by atoms with E-state index < -0.39 is 10.0 Å². The van der Waals surface area contributed by atoms with Gasteiger partial charge in [-0.15, -0.1) is 0 Å². The summed E-state index contributed by atoms with van der Waals surface area (Å²) in [7, 11) is -3.61. The van der Waals surface area contributed by atoms with Gasteiger partial charge in [-0.1, -0.05) is 12.1 Å². The maximum absolute atomic E-state index is 12.2. The number of benzene rings is 2. The molecule has 0 atom stereocenters. The first-order valence-electron chi connectivity index (χ1n) is 5.96. The molecule has 0 bridgehead atoms. The Hall–Kier alpha value is -1.88. The molecule has 0 unspecified atom stereocenters. The molecule has 7 heteroatoms. The molecule has 0 heterocycles. The van der Waals surface area contributed by atoms with Gasteiger partial charge in [-0.2, -0.15) is 5.26 Å². The normalized spacial score (nSPS) is 11.0. The Morgan fingerprint density at radius 1 is 1.19 bits per heavy atom. The van der Waals surface area contributed by atoms with Crippen molar-refractivity contribution in [1.29, 1.82) is 5.26 Å². The van der Waals surface area contributed by atoms with E-state index in [1.54, 1.807) is 24.3 Å². The zero-order chi connectivity index (χ0) is 15.5. The van der Waals surface area contributed by atoms with E-state index in [1.165, 1.54) is 18.2 Å². The number of rotatable bonds is 4. The number of nitrogens with zero attached hydrogens (tertiary/aromatic N) is 1. The average molecular weight is 366 g/mol. The van der Waals surface area contributed by atoms with Crippen molar-refractivity contribution in [2.75, 3.05) is 5.73 Å². The summed E-state index contributed by atoms with van der Waals surface area (Å²) in [6, 6.07) is 13.1. The van der Waals surface area contributed by atoms with Crippen LogP contribution in [0.3, 0.4) is 0 Å². The van der Waals surface area contributed by atoms with Gasteiger partial charge in [0.2, 0.25) is 10.0 Å². The lowest BCUT2D eigenvalue weighted by atomic mass is 10.1. The first kappa shape index (κ1) is 15.5. The van der Waals surface area contributed by atoms with Gasteiger partial charge in [0.05, 0.1) is 16.5 Å². The molecule has 0 aliphatic carbocycles. The van der Waals surface area contributed by atoms with Gasteiger partial charge < -0.3 is 5.73 Å². The molecule has 0 aromatic heterocycles. The highest BCUT2D eigenvalue weighted by atomic mass is 79.9. The van der Waals surface area contributed by atoms with Gasteiger partial charge in [-0.05, 0) is 51.8 Å². The van der Waals surface area contributed by atoms with Crippen LogP contribution in [-0.2, 0) is 16.6 Å². The summed E-state index contributed by atoms with van der Waals surface area (Å²) >= 11 is 3.20. The number of sulfonamides is 1. The van der Waals surface area contributed by atoms with Crippen LogP contribution in [0.15, 0.2) is 51.8 Å². The van der Waals surface area contributed by atoms with Crippen molar-refractivity contribution in [3.8, 4) is 6.07 Å². The summed E-state index contributed by atoms with van der Waals surface area (Å²) in [5, 5.41) is 8.71. The van der Waals surface area contributed by atoms with Crippen LogP contribution in [0.5, 0.6) is 0 Å². The van der Waals surface area contributed by atoms with Crippen LogP contribution in [0.25, 0.3) is 0 Å². The molecular weight excluding hydrogens is 354 g/mol. The van der Waals surface area contributed by atoms with E-state index in [0.29, 0.717) is 15.7 Å². The van der Waals surface area contributed by atoms with Crippen molar-refractivity contribution in [3.63, 3.8) is 0 Å². The summed E-state index contributed by atoms with van der Waals surface area (Å²) in [6.07, 6.45) is 0. The standard InChI is InChI=1S/C14H12BrN3O2S/c15-13-7-12(5-6-14(13)17)21(19,20)18-9-11-3-1-10(8-16)2-4-11/h1-7,18H,9,17H2. The molecule has 0 saturated carbocycles. The second-order valence-electron chi connectivity index (χ2n) is 4.32. The lowest BCUT2D eigenvalue weighted by molar-refractivity contribution is 0.581. The van der Waals surface area contributed by atoms with Crippen molar-refractivity contribution in [2.45, 2.75) is 11.4 Å². The smallest absolute Gasteiger partial charge is 0.240 e. The fraction of sp³-hybridized carbons (Fsp3) is 0.0714. The number of nitriles is 1.